The number of para-hydroxylation sites is 1. The van der Waals surface area contributed by atoms with Crippen LogP contribution in [-0.4, -0.2) is 41.2 Å². The van der Waals surface area contributed by atoms with Crippen molar-refractivity contribution in [1.82, 2.24) is 26.1 Å². The van der Waals surface area contributed by atoms with Crippen molar-refractivity contribution in [1.29, 1.82) is 0 Å². The molecule has 2 aliphatic heterocycles. The molecule has 0 radical (unpaired) electrons. The molecule has 0 aliphatic carbocycles. The summed E-state index contributed by atoms with van der Waals surface area (Å²) in [5.41, 5.74) is 8.64. The monoisotopic (exact) mass is 400 g/mol. The predicted octanol–water partition coefficient (Wildman–Crippen LogP) is 2.89. The summed E-state index contributed by atoms with van der Waals surface area (Å²) in [6, 6.07) is 11.5. The topological polar surface area (TPSA) is 81.3 Å². The maximum absolute atomic E-state index is 12.4. The second kappa shape index (κ2) is 8.87. The number of urea groups is 1. The van der Waals surface area contributed by atoms with Gasteiger partial charge in [0.05, 0.1) is 16.9 Å². The quantitative estimate of drug-likeness (QED) is 0.634. The minimum atomic E-state index is -0.216. The van der Waals surface area contributed by atoms with Crippen LogP contribution in [0.5, 0.6) is 0 Å². The number of rotatable bonds is 4. The van der Waals surface area contributed by atoms with E-state index in [9.17, 15) is 4.79 Å². The van der Waals surface area contributed by atoms with Gasteiger partial charge in [-0.05, 0) is 55.6 Å². The molecule has 2 aromatic rings. The lowest BCUT2D eigenvalue weighted by Crippen LogP contribution is -2.54. The molecule has 2 amide bonds. The molecule has 4 N–H and O–H groups in total. The molecule has 8 heteroatoms. The zero-order chi connectivity index (χ0) is 19.3. The number of benzene rings is 1. The van der Waals surface area contributed by atoms with Crippen molar-refractivity contribution < 1.29 is 4.79 Å². The highest BCUT2D eigenvalue weighted by molar-refractivity contribution is 6.33. The molecule has 2 saturated heterocycles. The van der Waals surface area contributed by atoms with Crippen LogP contribution < -0.4 is 21.5 Å². The highest BCUT2D eigenvalue weighted by atomic mass is 35.5. The summed E-state index contributed by atoms with van der Waals surface area (Å²) in [6.45, 7) is 1.84. The van der Waals surface area contributed by atoms with E-state index in [1.807, 2.05) is 36.7 Å². The van der Waals surface area contributed by atoms with E-state index in [0.717, 1.165) is 32.4 Å². The van der Waals surface area contributed by atoms with Gasteiger partial charge in [-0.15, -0.1) is 0 Å². The van der Waals surface area contributed by atoms with Gasteiger partial charge in [-0.1, -0.05) is 23.7 Å². The predicted molar refractivity (Wildman–Crippen MR) is 110 cm³/mol. The lowest BCUT2D eigenvalue weighted by Gasteiger charge is -2.36. The van der Waals surface area contributed by atoms with E-state index in [1.165, 1.54) is 5.56 Å². The first kappa shape index (κ1) is 19.1. The fraction of sp³-hybridized carbons (Fsp3) is 0.400. The van der Waals surface area contributed by atoms with Gasteiger partial charge in [-0.25, -0.2) is 15.6 Å². The molecule has 0 saturated carbocycles. The van der Waals surface area contributed by atoms with Gasteiger partial charge in [0.1, 0.15) is 0 Å². The van der Waals surface area contributed by atoms with E-state index in [-0.39, 0.29) is 24.3 Å². The number of hydrazine groups is 1. The van der Waals surface area contributed by atoms with Gasteiger partial charge in [0, 0.05) is 31.0 Å². The smallest absolute Gasteiger partial charge is 0.319 e. The number of anilines is 1. The van der Waals surface area contributed by atoms with Crippen LogP contribution in [0.2, 0.25) is 5.02 Å². The Hall–Kier alpha value is -2.19. The third kappa shape index (κ3) is 4.62. The number of halogens is 1. The summed E-state index contributed by atoms with van der Waals surface area (Å²) in [5, 5.41) is 6.45. The van der Waals surface area contributed by atoms with Crippen molar-refractivity contribution in [2.75, 3.05) is 18.4 Å². The minimum Gasteiger partial charge on any atom is -0.334 e. The highest BCUT2D eigenvalue weighted by Gasteiger charge is 2.32. The van der Waals surface area contributed by atoms with Crippen molar-refractivity contribution in [3.8, 4) is 0 Å². The number of hydrogen-bond acceptors (Lipinski definition) is 5. The second-order valence-corrected chi connectivity index (χ2v) is 7.69. The Balaban J connectivity index is 1.30. The van der Waals surface area contributed by atoms with E-state index >= 15 is 0 Å². The van der Waals surface area contributed by atoms with Crippen LogP contribution in [0, 0.1) is 0 Å². The maximum Gasteiger partial charge on any atom is 0.319 e. The molecular formula is C20H25ClN6O. The molecule has 2 aliphatic rings. The molecular weight excluding hydrogens is 376 g/mol. The van der Waals surface area contributed by atoms with Crippen molar-refractivity contribution in [2.45, 2.75) is 37.5 Å². The summed E-state index contributed by atoms with van der Waals surface area (Å²) >= 11 is 6.11. The number of carbonyl (C=O) groups is 1. The fourth-order valence-electron chi connectivity index (χ4n) is 3.91. The number of carbonyl (C=O) groups excluding carboxylic acids is 1. The molecule has 0 bridgehead atoms. The van der Waals surface area contributed by atoms with Crippen LogP contribution in [0.4, 0.5) is 10.5 Å². The first-order valence-electron chi connectivity index (χ1n) is 9.66. The SMILES string of the molecule is O=C(Nc1ccccc1Cl)NC1CCCN(C2CC(c3ccncc3)NN2)C1. The zero-order valence-corrected chi connectivity index (χ0v) is 16.3. The van der Waals surface area contributed by atoms with E-state index in [1.54, 1.807) is 12.1 Å². The molecule has 148 valence electrons. The van der Waals surface area contributed by atoms with Gasteiger partial charge in [0.2, 0.25) is 0 Å². The number of nitrogens with one attached hydrogen (secondary N) is 4. The summed E-state index contributed by atoms with van der Waals surface area (Å²) < 4.78 is 0. The Bertz CT molecular complexity index is 804. The van der Waals surface area contributed by atoms with Crippen LogP contribution in [0.1, 0.15) is 30.9 Å². The van der Waals surface area contributed by atoms with Crippen LogP contribution in [0.25, 0.3) is 0 Å². The number of amides is 2. The summed E-state index contributed by atoms with van der Waals surface area (Å²) in [5.74, 6) is 0. The second-order valence-electron chi connectivity index (χ2n) is 7.29. The number of pyridine rings is 1. The molecule has 3 atom stereocenters. The highest BCUT2D eigenvalue weighted by Crippen LogP contribution is 2.25. The maximum atomic E-state index is 12.4. The van der Waals surface area contributed by atoms with E-state index in [0.29, 0.717) is 10.7 Å². The Morgan fingerprint density at radius 3 is 2.82 bits per heavy atom. The molecule has 1 aromatic carbocycles. The third-order valence-corrected chi connectivity index (χ3v) is 5.67. The minimum absolute atomic E-state index is 0.109. The molecule has 3 heterocycles. The molecule has 3 unspecified atom stereocenters. The number of aromatic nitrogens is 1. The summed E-state index contributed by atoms with van der Waals surface area (Å²) in [7, 11) is 0. The molecule has 28 heavy (non-hydrogen) atoms. The lowest BCUT2D eigenvalue weighted by molar-refractivity contribution is 0.125. The molecule has 4 rings (SSSR count). The van der Waals surface area contributed by atoms with Crippen LogP contribution >= 0.6 is 11.6 Å². The van der Waals surface area contributed by atoms with Crippen molar-refractivity contribution in [3.05, 3.63) is 59.4 Å². The number of piperidine rings is 1. The first-order chi connectivity index (χ1) is 13.7. The Morgan fingerprint density at radius 2 is 2.00 bits per heavy atom. The molecule has 1 aromatic heterocycles. The zero-order valence-electron chi connectivity index (χ0n) is 15.6. The largest absolute Gasteiger partial charge is 0.334 e. The Kier molecular flexibility index (Phi) is 6.07. The van der Waals surface area contributed by atoms with E-state index in [2.05, 4.69) is 31.4 Å². The standard InChI is InChI=1S/C20H25ClN6O/c21-16-5-1-2-6-17(16)24-20(28)23-15-4-3-11-27(13-15)19-12-18(25-26-19)14-7-9-22-10-8-14/h1-2,5-10,15,18-19,25-26H,3-4,11-13H2,(H2,23,24,28). The van der Waals surface area contributed by atoms with Crippen LogP contribution in [-0.2, 0) is 0 Å². The Labute approximate surface area is 169 Å². The summed E-state index contributed by atoms with van der Waals surface area (Å²) in [6.07, 6.45) is 6.89. The normalized spacial score (nSPS) is 25.4. The number of likely N-dealkylation sites (tertiary alicyclic amines) is 1. The average Bonchev–Trinajstić information content (AvgIpc) is 3.21. The van der Waals surface area contributed by atoms with Gasteiger partial charge >= 0.3 is 6.03 Å². The fourth-order valence-corrected chi connectivity index (χ4v) is 4.09. The van der Waals surface area contributed by atoms with Crippen molar-refractivity contribution in [3.63, 3.8) is 0 Å². The number of hydrogen-bond donors (Lipinski definition) is 4. The first-order valence-corrected chi connectivity index (χ1v) is 10.0. The van der Waals surface area contributed by atoms with E-state index in [4.69, 9.17) is 11.6 Å². The van der Waals surface area contributed by atoms with Crippen molar-refractivity contribution in [2.24, 2.45) is 0 Å². The summed E-state index contributed by atoms with van der Waals surface area (Å²) in [4.78, 5) is 18.9. The van der Waals surface area contributed by atoms with Crippen LogP contribution in [0.15, 0.2) is 48.8 Å². The van der Waals surface area contributed by atoms with Crippen LogP contribution in [0.3, 0.4) is 0 Å². The van der Waals surface area contributed by atoms with E-state index < -0.39 is 0 Å². The molecule has 7 nitrogen and oxygen atoms in total. The van der Waals surface area contributed by atoms with Crippen molar-refractivity contribution >= 4 is 23.3 Å². The number of nitrogens with zero attached hydrogens (tertiary/aromatic N) is 2. The average molecular weight is 401 g/mol. The molecule has 0 spiro atoms. The Morgan fingerprint density at radius 1 is 1.18 bits per heavy atom. The lowest BCUT2D eigenvalue weighted by atomic mass is 10.0. The van der Waals surface area contributed by atoms with Gasteiger partial charge in [0.15, 0.2) is 0 Å². The van der Waals surface area contributed by atoms with Gasteiger partial charge in [0.25, 0.3) is 0 Å². The van der Waals surface area contributed by atoms with Gasteiger partial charge in [-0.2, -0.15) is 0 Å². The van der Waals surface area contributed by atoms with Gasteiger partial charge < -0.3 is 10.6 Å². The molecule has 2 fully saturated rings. The third-order valence-electron chi connectivity index (χ3n) is 5.34. The van der Waals surface area contributed by atoms with Gasteiger partial charge in [-0.3, -0.25) is 9.88 Å².